The summed E-state index contributed by atoms with van der Waals surface area (Å²) in [4.78, 5) is 0. The topological polar surface area (TPSA) is 12.0 Å². The van der Waals surface area contributed by atoms with E-state index in [2.05, 4.69) is 142 Å². The quantitative estimate of drug-likeness (QED) is 0.324. The maximum atomic E-state index is 3.76. The Balaban J connectivity index is 1.89. The Kier molecular flexibility index (Phi) is 5.21. The molecular formula is C32H31N. The molecule has 0 radical (unpaired) electrons. The van der Waals surface area contributed by atoms with Gasteiger partial charge >= 0.3 is 0 Å². The first-order valence-electron chi connectivity index (χ1n) is 11.7. The van der Waals surface area contributed by atoms with Crippen LogP contribution in [0.15, 0.2) is 109 Å². The number of allylic oxidation sites excluding steroid dienone is 1. The fourth-order valence-electron chi connectivity index (χ4n) is 5.52. The third-order valence-electron chi connectivity index (χ3n) is 6.84. The minimum atomic E-state index is -0.420. The van der Waals surface area contributed by atoms with Gasteiger partial charge in [-0.2, -0.15) is 0 Å². The van der Waals surface area contributed by atoms with E-state index in [1.54, 1.807) is 0 Å². The largest absolute Gasteiger partial charge is 0.376 e. The molecule has 1 aliphatic heterocycles. The molecule has 0 saturated heterocycles. The van der Waals surface area contributed by atoms with Crippen LogP contribution in [0.1, 0.15) is 54.2 Å². The SMILES string of the molecule is CC1=CC(C)(C)Nc2c(C)cc(C(c3ccccc3)(c3ccccc3)c3ccccc3)cc21. The number of anilines is 1. The van der Waals surface area contributed by atoms with Crippen LogP contribution in [0.5, 0.6) is 0 Å². The summed E-state index contributed by atoms with van der Waals surface area (Å²) < 4.78 is 0. The van der Waals surface area contributed by atoms with E-state index in [0.717, 1.165) is 0 Å². The number of aryl methyl sites for hydroxylation is 1. The number of fused-ring (bicyclic) bond motifs is 1. The lowest BCUT2D eigenvalue weighted by Gasteiger charge is -2.39. The van der Waals surface area contributed by atoms with Gasteiger partial charge in [0.2, 0.25) is 0 Å². The minimum absolute atomic E-state index is 0.0568. The fraction of sp³-hybridized carbons (Fsp3) is 0.188. The Morgan fingerprint density at radius 2 is 1.06 bits per heavy atom. The zero-order valence-corrected chi connectivity index (χ0v) is 19.9. The first-order chi connectivity index (χ1) is 15.9. The van der Waals surface area contributed by atoms with Crippen LogP contribution in [-0.4, -0.2) is 5.54 Å². The zero-order valence-electron chi connectivity index (χ0n) is 19.9. The molecule has 0 fully saturated rings. The van der Waals surface area contributed by atoms with E-state index in [1.165, 1.54) is 44.6 Å². The van der Waals surface area contributed by atoms with Gasteiger partial charge in [0, 0.05) is 11.3 Å². The summed E-state index contributed by atoms with van der Waals surface area (Å²) in [6.45, 7) is 8.93. The van der Waals surface area contributed by atoms with Crippen LogP contribution in [0.2, 0.25) is 0 Å². The van der Waals surface area contributed by atoms with Crippen LogP contribution in [0, 0.1) is 6.92 Å². The first kappa shape index (κ1) is 21.3. The highest BCUT2D eigenvalue weighted by atomic mass is 15.0. The Labute approximate surface area is 197 Å². The number of hydrogen-bond acceptors (Lipinski definition) is 1. The van der Waals surface area contributed by atoms with E-state index in [1.807, 2.05) is 0 Å². The number of rotatable bonds is 4. The average molecular weight is 430 g/mol. The van der Waals surface area contributed by atoms with Crippen molar-refractivity contribution in [3.8, 4) is 0 Å². The summed E-state index contributed by atoms with van der Waals surface area (Å²) in [6.07, 6.45) is 2.34. The van der Waals surface area contributed by atoms with E-state index < -0.39 is 5.41 Å². The molecule has 1 N–H and O–H groups in total. The van der Waals surface area contributed by atoms with Crippen molar-refractivity contribution in [2.24, 2.45) is 0 Å². The molecule has 0 aliphatic carbocycles. The molecule has 0 atom stereocenters. The van der Waals surface area contributed by atoms with Crippen molar-refractivity contribution < 1.29 is 0 Å². The van der Waals surface area contributed by atoms with E-state index >= 15 is 0 Å². The Hall–Kier alpha value is -3.58. The lowest BCUT2D eigenvalue weighted by molar-refractivity contribution is 0.703. The van der Waals surface area contributed by atoms with Crippen molar-refractivity contribution in [1.29, 1.82) is 0 Å². The van der Waals surface area contributed by atoms with Crippen molar-refractivity contribution in [2.75, 3.05) is 5.32 Å². The third kappa shape index (κ3) is 3.58. The number of benzene rings is 4. The Morgan fingerprint density at radius 3 is 1.52 bits per heavy atom. The molecule has 33 heavy (non-hydrogen) atoms. The molecule has 164 valence electrons. The molecule has 4 aromatic rings. The van der Waals surface area contributed by atoms with E-state index in [-0.39, 0.29) is 5.54 Å². The lowest BCUT2D eigenvalue weighted by Crippen LogP contribution is -2.34. The van der Waals surface area contributed by atoms with Crippen molar-refractivity contribution in [2.45, 2.75) is 38.6 Å². The number of hydrogen-bond donors (Lipinski definition) is 1. The predicted octanol–water partition coefficient (Wildman–Crippen LogP) is 7.99. The van der Waals surface area contributed by atoms with E-state index in [0.29, 0.717) is 0 Å². The third-order valence-corrected chi connectivity index (χ3v) is 6.84. The van der Waals surface area contributed by atoms with Crippen LogP contribution in [0.25, 0.3) is 5.57 Å². The zero-order chi connectivity index (χ0) is 23.1. The molecule has 1 heterocycles. The highest BCUT2D eigenvalue weighted by Gasteiger charge is 2.39. The molecule has 0 unspecified atom stereocenters. The first-order valence-corrected chi connectivity index (χ1v) is 11.7. The van der Waals surface area contributed by atoms with Crippen molar-refractivity contribution in [3.63, 3.8) is 0 Å². The van der Waals surface area contributed by atoms with Gasteiger partial charge in [0.05, 0.1) is 11.0 Å². The van der Waals surface area contributed by atoms with Crippen molar-refractivity contribution in [3.05, 3.63) is 143 Å². The summed E-state index contributed by atoms with van der Waals surface area (Å²) in [5.74, 6) is 0. The summed E-state index contributed by atoms with van der Waals surface area (Å²) in [5.41, 5.74) is 9.75. The van der Waals surface area contributed by atoms with Crippen LogP contribution < -0.4 is 5.32 Å². The van der Waals surface area contributed by atoms with Gasteiger partial charge in [0.25, 0.3) is 0 Å². The molecule has 0 aromatic heterocycles. The summed E-state index contributed by atoms with van der Waals surface area (Å²) >= 11 is 0. The van der Waals surface area contributed by atoms with Gasteiger partial charge in [-0.1, -0.05) is 103 Å². The van der Waals surface area contributed by atoms with E-state index in [9.17, 15) is 0 Å². The second kappa shape index (κ2) is 8.08. The van der Waals surface area contributed by atoms with Gasteiger partial charge in [0.1, 0.15) is 0 Å². The summed E-state index contributed by atoms with van der Waals surface area (Å²) in [7, 11) is 0. The second-order valence-corrected chi connectivity index (χ2v) is 9.74. The number of nitrogens with one attached hydrogen (secondary N) is 1. The lowest BCUT2D eigenvalue weighted by atomic mass is 9.64. The van der Waals surface area contributed by atoms with Gasteiger partial charge in [-0.3, -0.25) is 0 Å². The van der Waals surface area contributed by atoms with Crippen LogP contribution in [0.3, 0.4) is 0 Å². The molecule has 0 bridgehead atoms. The van der Waals surface area contributed by atoms with Crippen molar-refractivity contribution >= 4 is 11.3 Å². The monoisotopic (exact) mass is 429 g/mol. The summed E-state index contributed by atoms with van der Waals surface area (Å²) in [5, 5.41) is 3.76. The second-order valence-electron chi connectivity index (χ2n) is 9.74. The molecule has 1 aliphatic rings. The fourth-order valence-corrected chi connectivity index (χ4v) is 5.52. The van der Waals surface area contributed by atoms with Crippen molar-refractivity contribution in [1.82, 2.24) is 0 Å². The highest BCUT2D eigenvalue weighted by molar-refractivity contribution is 5.83. The van der Waals surface area contributed by atoms with Gasteiger partial charge in [-0.15, -0.1) is 0 Å². The molecule has 0 spiro atoms. The van der Waals surface area contributed by atoms with Gasteiger partial charge in [-0.25, -0.2) is 0 Å². The van der Waals surface area contributed by atoms with Crippen LogP contribution in [-0.2, 0) is 5.41 Å². The molecule has 0 amide bonds. The predicted molar refractivity (Wildman–Crippen MR) is 141 cm³/mol. The van der Waals surface area contributed by atoms with E-state index in [4.69, 9.17) is 0 Å². The van der Waals surface area contributed by atoms with Gasteiger partial charge in [-0.05, 0) is 67.2 Å². The maximum Gasteiger partial charge on any atom is 0.0701 e. The minimum Gasteiger partial charge on any atom is -0.376 e. The molecular weight excluding hydrogens is 398 g/mol. The average Bonchev–Trinajstić information content (AvgIpc) is 2.82. The molecule has 5 rings (SSSR count). The van der Waals surface area contributed by atoms with Crippen LogP contribution in [0.4, 0.5) is 5.69 Å². The molecule has 0 saturated carbocycles. The smallest absolute Gasteiger partial charge is 0.0701 e. The van der Waals surface area contributed by atoms with Gasteiger partial charge in [0.15, 0.2) is 0 Å². The molecule has 1 heteroatoms. The summed E-state index contributed by atoms with van der Waals surface area (Å²) in [6, 6.07) is 37.6. The Morgan fingerprint density at radius 1 is 0.606 bits per heavy atom. The maximum absolute atomic E-state index is 3.76. The van der Waals surface area contributed by atoms with Gasteiger partial charge < -0.3 is 5.32 Å². The molecule has 1 nitrogen and oxygen atoms in total. The normalized spacial score (nSPS) is 14.7. The van der Waals surface area contributed by atoms with Crippen LogP contribution >= 0.6 is 0 Å². The standard InChI is InChI=1S/C32H31N/c1-23-20-28(21-29-24(2)22-31(3,4)33-30(23)29)32(25-14-8-5-9-15-25,26-16-10-6-11-17-26)27-18-12-7-13-19-27/h5-22,33H,1-4H3. The molecule has 4 aromatic carbocycles. The Bertz CT molecular complexity index is 1200. The highest BCUT2D eigenvalue weighted by Crippen LogP contribution is 2.48.